The second-order valence-corrected chi connectivity index (χ2v) is 7.79. The number of hydrogen-bond acceptors (Lipinski definition) is 3. The van der Waals surface area contributed by atoms with E-state index in [2.05, 4.69) is 46.7 Å². The Morgan fingerprint density at radius 3 is 2.65 bits per heavy atom. The molecule has 4 heteroatoms. The van der Waals surface area contributed by atoms with Gasteiger partial charge in [-0.3, -0.25) is 4.79 Å². The highest BCUT2D eigenvalue weighted by Gasteiger charge is 2.26. The second-order valence-electron chi connectivity index (χ2n) is 6.76. The van der Waals surface area contributed by atoms with Gasteiger partial charge in [-0.15, -0.1) is 11.3 Å². The van der Waals surface area contributed by atoms with E-state index in [0.717, 1.165) is 31.6 Å². The normalized spacial score (nSPS) is 15.2. The summed E-state index contributed by atoms with van der Waals surface area (Å²) in [6.07, 6.45) is 2.30. The van der Waals surface area contributed by atoms with Crippen molar-refractivity contribution in [3.63, 3.8) is 0 Å². The molecule has 1 saturated heterocycles. The van der Waals surface area contributed by atoms with E-state index < -0.39 is 0 Å². The summed E-state index contributed by atoms with van der Waals surface area (Å²) in [5, 5.41) is 4.44. The number of carbonyl (C=O) groups is 1. The molecule has 0 spiro atoms. The van der Waals surface area contributed by atoms with Crippen molar-refractivity contribution in [1.82, 2.24) is 4.90 Å². The molecule has 0 radical (unpaired) electrons. The zero-order chi connectivity index (χ0) is 17.8. The lowest BCUT2D eigenvalue weighted by Gasteiger charge is -2.34. The van der Waals surface area contributed by atoms with Gasteiger partial charge >= 0.3 is 0 Å². The predicted octanol–water partition coefficient (Wildman–Crippen LogP) is 4.65. The lowest BCUT2D eigenvalue weighted by atomic mass is 10.0. The number of thiophene rings is 1. The van der Waals surface area contributed by atoms with Crippen LogP contribution in [0.25, 0.3) is 10.8 Å². The van der Waals surface area contributed by atoms with Gasteiger partial charge in [-0.2, -0.15) is 0 Å². The molecule has 4 rings (SSSR count). The Bertz CT molecular complexity index is 863. The second kappa shape index (κ2) is 8.02. The third-order valence-electron chi connectivity index (χ3n) is 5.08. The molecule has 1 aliphatic heterocycles. The third-order valence-corrected chi connectivity index (χ3v) is 5.94. The van der Waals surface area contributed by atoms with Crippen LogP contribution in [0.4, 0.5) is 0 Å². The molecule has 2 heterocycles. The van der Waals surface area contributed by atoms with Crippen molar-refractivity contribution in [2.45, 2.75) is 31.8 Å². The van der Waals surface area contributed by atoms with E-state index >= 15 is 0 Å². The first-order valence-electron chi connectivity index (χ1n) is 9.17. The van der Waals surface area contributed by atoms with Gasteiger partial charge in [-0.1, -0.05) is 48.5 Å². The highest BCUT2D eigenvalue weighted by molar-refractivity contribution is 7.09. The predicted molar refractivity (Wildman–Crippen MR) is 106 cm³/mol. The summed E-state index contributed by atoms with van der Waals surface area (Å²) in [5.41, 5.74) is 1.11. The summed E-state index contributed by atoms with van der Waals surface area (Å²) in [7, 11) is 0. The largest absolute Gasteiger partial charge is 0.381 e. The van der Waals surface area contributed by atoms with Crippen LogP contribution < -0.4 is 0 Å². The molecule has 0 N–H and O–H groups in total. The van der Waals surface area contributed by atoms with Crippen molar-refractivity contribution in [1.29, 1.82) is 0 Å². The molecule has 1 aliphatic rings. The van der Waals surface area contributed by atoms with Crippen molar-refractivity contribution in [3.05, 3.63) is 70.4 Å². The van der Waals surface area contributed by atoms with Crippen LogP contribution in [0.15, 0.2) is 60.0 Å². The van der Waals surface area contributed by atoms with E-state index in [-0.39, 0.29) is 11.9 Å². The Hall–Kier alpha value is -2.17. The third kappa shape index (κ3) is 3.81. The van der Waals surface area contributed by atoms with Gasteiger partial charge in [-0.25, -0.2) is 0 Å². The molecule has 0 aliphatic carbocycles. The minimum Gasteiger partial charge on any atom is -0.381 e. The van der Waals surface area contributed by atoms with E-state index in [9.17, 15) is 4.79 Å². The van der Waals surface area contributed by atoms with Gasteiger partial charge in [-0.05, 0) is 40.6 Å². The maximum absolute atomic E-state index is 13.3. The van der Waals surface area contributed by atoms with E-state index in [0.29, 0.717) is 13.0 Å². The van der Waals surface area contributed by atoms with Crippen molar-refractivity contribution < 1.29 is 9.53 Å². The molecule has 0 atom stereocenters. The fraction of sp³-hybridized carbons (Fsp3) is 0.318. The summed E-state index contributed by atoms with van der Waals surface area (Å²) >= 11 is 1.72. The van der Waals surface area contributed by atoms with Gasteiger partial charge in [0.15, 0.2) is 0 Å². The Kier molecular flexibility index (Phi) is 5.32. The van der Waals surface area contributed by atoms with E-state index in [1.807, 2.05) is 18.2 Å². The smallest absolute Gasteiger partial charge is 0.227 e. The number of nitrogens with zero attached hydrogens (tertiary/aromatic N) is 1. The van der Waals surface area contributed by atoms with Crippen LogP contribution in [0.3, 0.4) is 0 Å². The highest BCUT2D eigenvalue weighted by Crippen LogP contribution is 2.23. The molecule has 3 nitrogen and oxygen atoms in total. The topological polar surface area (TPSA) is 29.5 Å². The average Bonchev–Trinajstić information content (AvgIpc) is 3.20. The lowest BCUT2D eigenvalue weighted by molar-refractivity contribution is -0.135. The van der Waals surface area contributed by atoms with Gasteiger partial charge in [0.05, 0.1) is 13.0 Å². The Morgan fingerprint density at radius 2 is 1.85 bits per heavy atom. The van der Waals surface area contributed by atoms with Crippen molar-refractivity contribution in [2.24, 2.45) is 0 Å². The number of rotatable bonds is 5. The molecule has 26 heavy (non-hydrogen) atoms. The number of ether oxygens (including phenoxy) is 1. The lowest BCUT2D eigenvalue weighted by Crippen LogP contribution is -2.43. The first-order chi connectivity index (χ1) is 12.8. The minimum absolute atomic E-state index is 0.210. The minimum atomic E-state index is 0.210. The van der Waals surface area contributed by atoms with Gasteiger partial charge in [0.2, 0.25) is 5.91 Å². The molecular formula is C22H23NO2S. The standard InChI is InChI=1S/C22H23NO2S/c24-22(15-18-7-3-6-17-5-1-2-9-21(17)18)23(16-20-8-4-14-26-20)19-10-12-25-13-11-19/h1-9,14,19H,10-13,15-16H2. The number of amides is 1. The van der Waals surface area contributed by atoms with Crippen LogP contribution in [0.1, 0.15) is 23.3 Å². The fourth-order valence-electron chi connectivity index (χ4n) is 3.70. The first-order valence-corrected chi connectivity index (χ1v) is 10.1. The molecule has 1 fully saturated rings. The Labute approximate surface area is 158 Å². The van der Waals surface area contributed by atoms with Gasteiger partial charge in [0.1, 0.15) is 0 Å². The monoisotopic (exact) mass is 365 g/mol. The molecular weight excluding hydrogens is 342 g/mol. The maximum Gasteiger partial charge on any atom is 0.227 e. The number of carbonyl (C=O) groups excluding carboxylic acids is 1. The van der Waals surface area contributed by atoms with Gasteiger partial charge in [0, 0.05) is 24.1 Å². The van der Waals surface area contributed by atoms with E-state index in [1.165, 1.54) is 15.6 Å². The summed E-state index contributed by atoms with van der Waals surface area (Å²) < 4.78 is 5.51. The molecule has 0 unspecified atom stereocenters. The fourth-order valence-corrected chi connectivity index (χ4v) is 4.40. The Morgan fingerprint density at radius 1 is 1.04 bits per heavy atom. The van der Waals surface area contributed by atoms with Crippen LogP contribution in [-0.2, 0) is 22.5 Å². The quantitative estimate of drug-likeness (QED) is 0.658. The van der Waals surface area contributed by atoms with Crippen LogP contribution in [0.2, 0.25) is 0 Å². The summed E-state index contributed by atoms with van der Waals surface area (Å²) in [4.78, 5) is 16.6. The molecule has 1 aromatic heterocycles. The van der Waals surface area contributed by atoms with E-state index in [1.54, 1.807) is 11.3 Å². The van der Waals surface area contributed by atoms with Crippen molar-refractivity contribution in [2.75, 3.05) is 13.2 Å². The van der Waals surface area contributed by atoms with Crippen molar-refractivity contribution >= 4 is 28.0 Å². The number of hydrogen-bond donors (Lipinski definition) is 0. The van der Waals surface area contributed by atoms with Crippen molar-refractivity contribution in [3.8, 4) is 0 Å². The van der Waals surface area contributed by atoms with E-state index in [4.69, 9.17) is 4.74 Å². The van der Waals surface area contributed by atoms with Crippen LogP contribution in [0.5, 0.6) is 0 Å². The molecule has 2 aromatic carbocycles. The van der Waals surface area contributed by atoms with Crippen LogP contribution >= 0.6 is 11.3 Å². The average molecular weight is 365 g/mol. The van der Waals surface area contributed by atoms with Gasteiger partial charge < -0.3 is 9.64 Å². The van der Waals surface area contributed by atoms with Crippen LogP contribution in [-0.4, -0.2) is 30.1 Å². The SMILES string of the molecule is O=C(Cc1cccc2ccccc12)N(Cc1cccs1)C1CCOCC1. The number of benzene rings is 2. The van der Waals surface area contributed by atoms with Gasteiger partial charge in [0.25, 0.3) is 0 Å². The maximum atomic E-state index is 13.3. The summed E-state index contributed by atoms with van der Waals surface area (Å²) in [5.74, 6) is 0.210. The summed E-state index contributed by atoms with van der Waals surface area (Å²) in [6.45, 7) is 2.19. The first kappa shape index (κ1) is 17.3. The van der Waals surface area contributed by atoms with Crippen LogP contribution in [0, 0.1) is 0 Å². The highest BCUT2D eigenvalue weighted by atomic mass is 32.1. The number of fused-ring (bicyclic) bond motifs is 1. The molecule has 0 saturated carbocycles. The molecule has 0 bridgehead atoms. The Balaban J connectivity index is 1.58. The molecule has 134 valence electrons. The summed E-state index contributed by atoms with van der Waals surface area (Å²) in [6, 6.07) is 19.0. The molecule has 3 aromatic rings. The zero-order valence-electron chi connectivity index (χ0n) is 14.8. The zero-order valence-corrected chi connectivity index (χ0v) is 15.6. The molecule has 1 amide bonds.